The average Bonchev–Trinajstić information content (AvgIpc) is 2.49. The van der Waals surface area contributed by atoms with Gasteiger partial charge < -0.3 is 9.47 Å². The third kappa shape index (κ3) is 3.03. The number of halogens is 2. The molecule has 1 fully saturated rings. The van der Waals surface area contributed by atoms with Crippen molar-refractivity contribution in [3.8, 4) is 16.9 Å². The first-order valence-electron chi connectivity index (χ1n) is 6.87. The quantitative estimate of drug-likeness (QED) is 0.754. The second-order valence-electron chi connectivity index (χ2n) is 5.12. The summed E-state index contributed by atoms with van der Waals surface area (Å²) in [6.07, 6.45) is 0.672. The van der Waals surface area contributed by atoms with Crippen molar-refractivity contribution in [3.05, 3.63) is 53.6 Å². The van der Waals surface area contributed by atoms with Crippen molar-refractivity contribution in [2.75, 3.05) is 7.11 Å². The minimum Gasteiger partial charge on any atom is -0.486 e. The Kier molecular flexibility index (Phi) is 4.39. The topological polar surface area (TPSA) is 18.5 Å². The largest absolute Gasteiger partial charge is 0.486 e. The fourth-order valence-electron chi connectivity index (χ4n) is 2.51. The van der Waals surface area contributed by atoms with E-state index in [-0.39, 0.29) is 17.6 Å². The minimum absolute atomic E-state index is 0.0161. The van der Waals surface area contributed by atoms with E-state index in [0.29, 0.717) is 10.8 Å². The molecule has 110 valence electrons. The second-order valence-corrected chi connectivity index (χ2v) is 6.09. The van der Waals surface area contributed by atoms with Crippen LogP contribution >= 0.6 is 23.2 Å². The van der Waals surface area contributed by atoms with Crippen molar-refractivity contribution in [3.63, 3.8) is 0 Å². The van der Waals surface area contributed by atoms with Gasteiger partial charge >= 0.3 is 0 Å². The summed E-state index contributed by atoms with van der Waals surface area (Å²) in [6, 6.07) is 15.9. The SMILES string of the molecule is COC1C(Cl)CC1Oc1ccc(-c2ccccc2)cc1Cl. The summed E-state index contributed by atoms with van der Waals surface area (Å²) in [6.45, 7) is 0. The smallest absolute Gasteiger partial charge is 0.138 e. The molecule has 2 aromatic rings. The highest BCUT2D eigenvalue weighted by atomic mass is 35.5. The summed E-state index contributed by atoms with van der Waals surface area (Å²) in [4.78, 5) is 0. The lowest BCUT2D eigenvalue weighted by molar-refractivity contribution is -0.0583. The van der Waals surface area contributed by atoms with Crippen LogP contribution < -0.4 is 4.74 Å². The van der Waals surface area contributed by atoms with Crippen molar-refractivity contribution in [1.82, 2.24) is 0 Å². The van der Waals surface area contributed by atoms with Crippen LogP contribution in [-0.4, -0.2) is 24.7 Å². The second kappa shape index (κ2) is 6.27. The first-order chi connectivity index (χ1) is 10.2. The number of hydrogen-bond donors (Lipinski definition) is 0. The first-order valence-corrected chi connectivity index (χ1v) is 7.69. The van der Waals surface area contributed by atoms with Crippen molar-refractivity contribution < 1.29 is 9.47 Å². The zero-order valence-electron chi connectivity index (χ0n) is 11.6. The summed E-state index contributed by atoms with van der Waals surface area (Å²) in [7, 11) is 1.65. The number of ether oxygens (including phenoxy) is 2. The molecule has 4 heteroatoms. The molecule has 0 N–H and O–H groups in total. The van der Waals surface area contributed by atoms with Gasteiger partial charge in [-0.05, 0) is 23.3 Å². The predicted octanol–water partition coefficient (Wildman–Crippen LogP) is 4.78. The Bertz CT molecular complexity index is 615. The van der Waals surface area contributed by atoms with Crippen LogP contribution in [-0.2, 0) is 4.74 Å². The van der Waals surface area contributed by atoms with E-state index in [0.717, 1.165) is 17.5 Å². The van der Waals surface area contributed by atoms with Crippen LogP contribution in [0.15, 0.2) is 48.5 Å². The van der Waals surface area contributed by atoms with Gasteiger partial charge in [0, 0.05) is 13.5 Å². The van der Waals surface area contributed by atoms with Gasteiger partial charge in [-0.3, -0.25) is 0 Å². The molecule has 1 aliphatic rings. The molecule has 0 aromatic heterocycles. The molecule has 0 spiro atoms. The average molecular weight is 323 g/mol. The first kappa shape index (κ1) is 14.7. The van der Waals surface area contributed by atoms with E-state index in [1.807, 2.05) is 36.4 Å². The molecule has 3 unspecified atom stereocenters. The van der Waals surface area contributed by atoms with Gasteiger partial charge in [-0.2, -0.15) is 0 Å². The maximum atomic E-state index is 6.33. The highest BCUT2D eigenvalue weighted by molar-refractivity contribution is 6.32. The molecule has 2 nitrogen and oxygen atoms in total. The van der Waals surface area contributed by atoms with E-state index in [4.69, 9.17) is 32.7 Å². The Hall–Kier alpha value is -1.22. The van der Waals surface area contributed by atoms with Gasteiger partial charge in [0.1, 0.15) is 18.0 Å². The number of benzene rings is 2. The molecule has 1 saturated carbocycles. The zero-order chi connectivity index (χ0) is 14.8. The lowest BCUT2D eigenvalue weighted by atomic mass is 9.91. The van der Waals surface area contributed by atoms with E-state index >= 15 is 0 Å². The normalized spacial score (nSPS) is 24.4. The summed E-state index contributed by atoms with van der Waals surface area (Å²) in [5.41, 5.74) is 2.20. The standard InChI is InChI=1S/C17H16Cl2O2/c1-20-17-14(19)10-16(17)21-15-8-7-12(9-13(15)18)11-5-3-2-4-6-11/h2-9,14,16-17H,10H2,1H3. The van der Waals surface area contributed by atoms with Crippen molar-refractivity contribution in [1.29, 1.82) is 0 Å². The van der Waals surface area contributed by atoms with E-state index in [1.54, 1.807) is 7.11 Å². The number of hydrogen-bond acceptors (Lipinski definition) is 2. The Morgan fingerprint density at radius 1 is 1.05 bits per heavy atom. The van der Waals surface area contributed by atoms with Gasteiger partial charge in [0.05, 0.1) is 10.4 Å². The highest BCUT2D eigenvalue weighted by Gasteiger charge is 2.42. The third-order valence-electron chi connectivity index (χ3n) is 3.77. The van der Waals surface area contributed by atoms with Crippen LogP contribution in [0.25, 0.3) is 11.1 Å². The molecule has 0 aliphatic heterocycles. The molecule has 21 heavy (non-hydrogen) atoms. The third-order valence-corrected chi connectivity index (χ3v) is 4.49. The monoisotopic (exact) mass is 322 g/mol. The molecule has 3 atom stereocenters. The van der Waals surface area contributed by atoms with Crippen LogP contribution in [0.4, 0.5) is 0 Å². The number of methoxy groups -OCH3 is 1. The van der Waals surface area contributed by atoms with Crippen molar-refractivity contribution in [2.24, 2.45) is 0 Å². The number of rotatable bonds is 4. The van der Waals surface area contributed by atoms with E-state index < -0.39 is 0 Å². The van der Waals surface area contributed by atoms with Gasteiger partial charge in [0.25, 0.3) is 0 Å². The molecule has 0 heterocycles. The van der Waals surface area contributed by atoms with Gasteiger partial charge in [-0.25, -0.2) is 0 Å². The summed E-state index contributed by atoms with van der Waals surface area (Å²) >= 11 is 12.4. The van der Waals surface area contributed by atoms with Crippen LogP contribution in [0.2, 0.25) is 5.02 Å². The molecule has 0 amide bonds. The number of alkyl halides is 1. The lowest BCUT2D eigenvalue weighted by Gasteiger charge is -2.39. The molecule has 3 rings (SSSR count). The predicted molar refractivity (Wildman–Crippen MR) is 86.4 cm³/mol. The Morgan fingerprint density at radius 2 is 1.81 bits per heavy atom. The van der Waals surface area contributed by atoms with E-state index in [9.17, 15) is 0 Å². The van der Waals surface area contributed by atoms with Crippen LogP contribution in [0.5, 0.6) is 5.75 Å². The highest BCUT2D eigenvalue weighted by Crippen LogP contribution is 2.36. The molecule has 2 aromatic carbocycles. The van der Waals surface area contributed by atoms with Crippen molar-refractivity contribution >= 4 is 23.2 Å². The minimum atomic E-state index is -0.0727. The molecule has 1 aliphatic carbocycles. The Balaban J connectivity index is 1.76. The van der Waals surface area contributed by atoms with Crippen LogP contribution in [0.1, 0.15) is 6.42 Å². The van der Waals surface area contributed by atoms with E-state index in [1.165, 1.54) is 0 Å². The van der Waals surface area contributed by atoms with Gasteiger partial charge in [-0.15, -0.1) is 11.6 Å². The van der Waals surface area contributed by atoms with E-state index in [2.05, 4.69) is 12.1 Å². The summed E-state index contributed by atoms with van der Waals surface area (Å²) < 4.78 is 11.2. The fraction of sp³-hybridized carbons (Fsp3) is 0.294. The summed E-state index contributed by atoms with van der Waals surface area (Å²) in [5.74, 6) is 0.673. The molecular formula is C17H16Cl2O2. The Labute approximate surface area is 134 Å². The lowest BCUT2D eigenvalue weighted by Crippen LogP contribution is -2.52. The summed E-state index contributed by atoms with van der Waals surface area (Å²) in [5, 5.41) is 0.617. The fourth-order valence-corrected chi connectivity index (χ4v) is 3.18. The van der Waals surface area contributed by atoms with Gasteiger partial charge in [-0.1, -0.05) is 48.0 Å². The Morgan fingerprint density at radius 3 is 2.43 bits per heavy atom. The van der Waals surface area contributed by atoms with Crippen LogP contribution in [0, 0.1) is 0 Å². The van der Waals surface area contributed by atoms with Crippen molar-refractivity contribution in [2.45, 2.75) is 24.0 Å². The molecule has 0 radical (unpaired) electrons. The van der Waals surface area contributed by atoms with Gasteiger partial charge in [0.15, 0.2) is 0 Å². The molecule has 0 bridgehead atoms. The van der Waals surface area contributed by atoms with Gasteiger partial charge in [0.2, 0.25) is 0 Å². The maximum Gasteiger partial charge on any atom is 0.138 e. The van der Waals surface area contributed by atoms with Crippen LogP contribution in [0.3, 0.4) is 0 Å². The molecule has 0 saturated heterocycles. The molecular weight excluding hydrogens is 307 g/mol. The zero-order valence-corrected chi connectivity index (χ0v) is 13.1. The maximum absolute atomic E-state index is 6.33.